The van der Waals surface area contributed by atoms with E-state index in [2.05, 4.69) is 25.9 Å². The first-order valence-corrected chi connectivity index (χ1v) is 11.4. The lowest BCUT2D eigenvalue weighted by molar-refractivity contribution is -0.137. The van der Waals surface area contributed by atoms with Crippen LogP contribution in [-0.4, -0.2) is 34.5 Å². The molecular weight excluding hydrogens is 477 g/mol. The number of hydrogen-bond acceptors (Lipinski definition) is 4. The lowest BCUT2D eigenvalue weighted by Gasteiger charge is -2.10. The molecule has 35 heavy (non-hydrogen) atoms. The third-order valence-electron chi connectivity index (χ3n) is 5.54. The highest BCUT2D eigenvalue weighted by Gasteiger charge is 2.30. The molecule has 0 atom stereocenters. The number of thiocarbonyl (C=S) groups is 1. The van der Waals surface area contributed by atoms with Crippen molar-refractivity contribution in [3.8, 4) is 0 Å². The molecule has 0 unspecified atom stereocenters. The van der Waals surface area contributed by atoms with E-state index in [0.717, 1.165) is 35.6 Å². The summed E-state index contributed by atoms with van der Waals surface area (Å²) in [6.45, 7) is 7.51. The first-order chi connectivity index (χ1) is 16.6. The molecule has 4 rings (SSSR count). The van der Waals surface area contributed by atoms with Gasteiger partial charge in [0.1, 0.15) is 0 Å². The van der Waals surface area contributed by atoms with Crippen LogP contribution in [0.15, 0.2) is 48.9 Å². The lowest BCUT2D eigenvalue weighted by atomic mass is 10.1. The van der Waals surface area contributed by atoms with E-state index in [9.17, 15) is 13.2 Å². The van der Waals surface area contributed by atoms with Gasteiger partial charge in [-0.3, -0.25) is 14.0 Å². The molecule has 0 spiro atoms. The Morgan fingerprint density at radius 3 is 2.54 bits per heavy atom. The average molecular weight is 503 g/mol. The van der Waals surface area contributed by atoms with Crippen LogP contribution in [0.25, 0.3) is 0 Å². The number of benzene rings is 1. The van der Waals surface area contributed by atoms with E-state index < -0.39 is 11.7 Å². The van der Waals surface area contributed by atoms with Gasteiger partial charge in [-0.25, -0.2) is 0 Å². The van der Waals surface area contributed by atoms with Gasteiger partial charge in [0, 0.05) is 35.8 Å². The molecule has 0 aliphatic carbocycles. The molecule has 0 bridgehead atoms. The Labute approximate surface area is 205 Å². The second-order valence-corrected chi connectivity index (χ2v) is 8.51. The maximum atomic E-state index is 13.0. The van der Waals surface area contributed by atoms with Gasteiger partial charge in [0.25, 0.3) is 0 Å². The second-order valence-electron chi connectivity index (χ2n) is 8.10. The van der Waals surface area contributed by atoms with E-state index in [1.165, 1.54) is 6.07 Å². The molecular formula is C23H25F3N8S. The van der Waals surface area contributed by atoms with Crippen LogP contribution in [0.4, 0.5) is 24.7 Å². The summed E-state index contributed by atoms with van der Waals surface area (Å²) in [5.41, 5.74) is 3.50. The fourth-order valence-electron chi connectivity index (χ4n) is 3.68. The van der Waals surface area contributed by atoms with Crippen molar-refractivity contribution >= 4 is 28.8 Å². The molecule has 2 N–H and O–H groups in total. The summed E-state index contributed by atoms with van der Waals surface area (Å²) in [4.78, 5) is 0. The number of aryl methyl sites for hydroxylation is 2. The smallest absolute Gasteiger partial charge is 0.330 e. The van der Waals surface area contributed by atoms with E-state index in [1.807, 2.05) is 37.8 Å². The minimum absolute atomic E-state index is 0.207. The minimum atomic E-state index is -4.39. The molecule has 0 fully saturated rings. The molecule has 8 nitrogen and oxygen atoms in total. The summed E-state index contributed by atoms with van der Waals surface area (Å²) in [7, 11) is 0. The molecule has 3 aromatic heterocycles. The van der Waals surface area contributed by atoms with E-state index >= 15 is 0 Å². The maximum absolute atomic E-state index is 13.0. The highest BCUT2D eigenvalue weighted by molar-refractivity contribution is 7.80. The van der Waals surface area contributed by atoms with Gasteiger partial charge in [0.15, 0.2) is 10.9 Å². The van der Waals surface area contributed by atoms with Gasteiger partial charge in [-0.05, 0) is 50.7 Å². The molecule has 0 amide bonds. The Bertz CT molecular complexity index is 1330. The topological polar surface area (TPSA) is 77.5 Å². The number of alkyl halides is 3. The van der Waals surface area contributed by atoms with Crippen LogP contribution in [0.5, 0.6) is 0 Å². The van der Waals surface area contributed by atoms with Crippen molar-refractivity contribution in [3.05, 3.63) is 77.0 Å². The van der Waals surface area contributed by atoms with Crippen molar-refractivity contribution in [2.75, 3.05) is 10.6 Å². The summed E-state index contributed by atoms with van der Waals surface area (Å²) in [6, 6.07) is 7.00. The van der Waals surface area contributed by atoms with Gasteiger partial charge in [-0.1, -0.05) is 12.1 Å². The summed E-state index contributed by atoms with van der Waals surface area (Å²) >= 11 is 5.39. The van der Waals surface area contributed by atoms with E-state index in [0.29, 0.717) is 28.7 Å². The van der Waals surface area contributed by atoms with Crippen molar-refractivity contribution in [2.24, 2.45) is 0 Å². The molecule has 0 saturated carbocycles. The molecule has 0 aliphatic rings. The Morgan fingerprint density at radius 2 is 1.83 bits per heavy atom. The van der Waals surface area contributed by atoms with Crippen molar-refractivity contribution in [1.29, 1.82) is 0 Å². The predicted octanol–water partition coefficient (Wildman–Crippen LogP) is 4.84. The fourth-order valence-corrected chi connectivity index (χ4v) is 3.90. The molecule has 0 radical (unpaired) electrons. The quantitative estimate of drug-likeness (QED) is 0.352. The monoisotopic (exact) mass is 502 g/mol. The number of nitrogens with one attached hydrogen (secondary N) is 2. The van der Waals surface area contributed by atoms with Gasteiger partial charge in [-0.15, -0.1) is 0 Å². The highest BCUT2D eigenvalue weighted by atomic mass is 32.1. The highest BCUT2D eigenvalue weighted by Crippen LogP contribution is 2.29. The standard InChI is InChI=1S/C23H25F3N8S/c1-4-33-16(3)18(10-28-33)13-32-14-20(11-27-32)29-22(35)30-21-8-15(2)34(31-21)12-17-6-5-7-19(9-17)23(24,25)26/h5-11,14H,4,12-13H2,1-3H3,(H2,29,30,31,35). The van der Waals surface area contributed by atoms with Gasteiger partial charge in [0.2, 0.25) is 0 Å². The van der Waals surface area contributed by atoms with Crippen molar-refractivity contribution in [1.82, 2.24) is 29.3 Å². The van der Waals surface area contributed by atoms with E-state index in [-0.39, 0.29) is 6.54 Å². The summed E-state index contributed by atoms with van der Waals surface area (Å²) in [5, 5.41) is 19.6. The zero-order valence-corrected chi connectivity index (χ0v) is 20.3. The van der Waals surface area contributed by atoms with Gasteiger partial charge < -0.3 is 10.6 Å². The van der Waals surface area contributed by atoms with Crippen molar-refractivity contribution in [2.45, 2.75) is 46.6 Å². The SMILES string of the molecule is CCn1ncc(Cn2cc(NC(=S)Nc3cc(C)n(Cc4cccc(C(F)(F)F)c4)n3)cn2)c1C. The third kappa shape index (κ3) is 5.88. The number of rotatable bonds is 7. The molecule has 3 heterocycles. The molecule has 184 valence electrons. The minimum Gasteiger partial charge on any atom is -0.330 e. The number of aromatic nitrogens is 6. The zero-order chi connectivity index (χ0) is 25.2. The molecule has 0 aliphatic heterocycles. The summed E-state index contributed by atoms with van der Waals surface area (Å²) in [6.07, 6.45) is 0.973. The predicted molar refractivity (Wildman–Crippen MR) is 131 cm³/mol. The Kier molecular flexibility index (Phi) is 6.92. The Morgan fingerprint density at radius 1 is 1.03 bits per heavy atom. The van der Waals surface area contributed by atoms with Crippen molar-refractivity contribution in [3.63, 3.8) is 0 Å². The molecule has 1 aromatic carbocycles. The summed E-state index contributed by atoms with van der Waals surface area (Å²) < 4.78 is 44.3. The molecule has 0 saturated heterocycles. The Balaban J connectivity index is 1.36. The maximum Gasteiger partial charge on any atom is 0.416 e. The van der Waals surface area contributed by atoms with Crippen LogP contribution < -0.4 is 10.6 Å². The van der Waals surface area contributed by atoms with Crippen LogP contribution in [0.2, 0.25) is 0 Å². The van der Waals surface area contributed by atoms with Crippen LogP contribution in [0, 0.1) is 13.8 Å². The number of halogens is 3. The van der Waals surface area contributed by atoms with E-state index in [1.54, 1.807) is 27.7 Å². The zero-order valence-electron chi connectivity index (χ0n) is 19.5. The van der Waals surface area contributed by atoms with Crippen LogP contribution in [-0.2, 0) is 25.8 Å². The first-order valence-electron chi connectivity index (χ1n) is 10.9. The van der Waals surface area contributed by atoms with Crippen LogP contribution >= 0.6 is 12.2 Å². The van der Waals surface area contributed by atoms with Crippen molar-refractivity contribution < 1.29 is 13.2 Å². The normalized spacial score (nSPS) is 11.6. The molecule has 12 heteroatoms. The van der Waals surface area contributed by atoms with Gasteiger partial charge in [-0.2, -0.15) is 28.5 Å². The van der Waals surface area contributed by atoms with Crippen LogP contribution in [0.1, 0.15) is 35.0 Å². The second kappa shape index (κ2) is 9.90. The van der Waals surface area contributed by atoms with Gasteiger partial charge in [0.05, 0.1) is 36.7 Å². The third-order valence-corrected chi connectivity index (χ3v) is 5.74. The van der Waals surface area contributed by atoms with Gasteiger partial charge >= 0.3 is 6.18 Å². The Hall–Kier alpha value is -3.67. The lowest BCUT2D eigenvalue weighted by Crippen LogP contribution is -2.19. The number of nitrogens with zero attached hydrogens (tertiary/aromatic N) is 6. The largest absolute Gasteiger partial charge is 0.416 e. The van der Waals surface area contributed by atoms with Crippen LogP contribution in [0.3, 0.4) is 0 Å². The van der Waals surface area contributed by atoms with E-state index in [4.69, 9.17) is 12.2 Å². The first kappa shape index (κ1) is 24.5. The fraction of sp³-hybridized carbons (Fsp3) is 0.304. The number of anilines is 2. The summed E-state index contributed by atoms with van der Waals surface area (Å²) in [5.74, 6) is 0.488. The average Bonchev–Trinajstić information content (AvgIpc) is 3.48. The molecule has 4 aromatic rings. The number of hydrogen-bond donors (Lipinski definition) is 2.